The fourth-order valence-electron chi connectivity index (χ4n) is 1.79. The van der Waals surface area contributed by atoms with Crippen molar-refractivity contribution >= 4 is 5.96 Å². The number of hydrogen-bond donors (Lipinski definition) is 2. The molecule has 0 amide bonds. The van der Waals surface area contributed by atoms with E-state index < -0.39 is 0 Å². The summed E-state index contributed by atoms with van der Waals surface area (Å²) in [5.74, 6) is 1.66. The molecule has 0 aliphatic carbocycles. The molecule has 0 saturated heterocycles. The van der Waals surface area contributed by atoms with E-state index >= 15 is 0 Å². The molecule has 0 spiro atoms. The van der Waals surface area contributed by atoms with Crippen molar-refractivity contribution in [3.05, 3.63) is 29.8 Å². The average Bonchev–Trinajstić information content (AvgIpc) is 2.46. The first-order valence-electron chi connectivity index (χ1n) is 7.43. The molecule has 0 atom stereocenters. The number of nitrogens with one attached hydrogen (secondary N) is 2. The van der Waals surface area contributed by atoms with E-state index in [9.17, 15) is 0 Å². The Kier molecular flexibility index (Phi) is 8.28. The second-order valence-electron chi connectivity index (χ2n) is 4.86. The van der Waals surface area contributed by atoms with Crippen LogP contribution in [0.25, 0.3) is 0 Å². The number of hydrogen-bond acceptors (Lipinski definition) is 3. The average molecular weight is 293 g/mol. The largest absolute Gasteiger partial charge is 0.491 e. The molecule has 1 aromatic rings. The Morgan fingerprint density at radius 3 is 2.76 bits per heavy atom. The molecule has 0 aromatic heterocycles. The Morgan fingerprint density at radius 2 is 2.10 bits per heavy atom. The van der Waals surface area contributed by atoms with Gasteiger partial charge in [-0.25, -0.2) is 0 Å². The van der Waals surface area contributed by atoms with E-state index in [1.165, 1.54) is 0 Å². The van der Waals surface area contributed by atoms with E-state index in [0.717, 1.165) is 30.4 Å². The second-order valence-corrected chi connectivity index (χ2v) is 4.86. The van der Waals surface area contributed by atoms with Crippen molar-refractivity contribution < 1.29 is 9.47 Å². The van der Waals surface area contributed by atoms with Gasteiger partial charge in [0.25, 0.3) is 0 Å². The van der Waals surface area contributed by atoms with Crippen molar-refractivity contribution in [1.29, 1.82) is 0 Å². The molecule has 21 heavy (non-hydrogen) atoms. The highest BCUT2D eigenvalue weighted by molar-refractivity contribution is 5.79. The first-order valence-corrected chi connectivity index (χ1v) is 7.43. The molecule has 0 radical (unpaired) electrons. The molecule has 0 aliphatic heterocycles. The lowest BCUT2D eigenvalue weighted by atomic mass is 10.2. The zero-order chi connectivity index (χ0) is 15.5. The van der Waals surface area contributed by atoms with Gasteiger partial charge in [0.15, 0.2) is 5.96 Å². The highest BCUT2D eigenvalue weighted by Gasteiger charge is 2.01. The van der Waals surface area contributed by atoms with Crippen LogP contribution in [0.1, 0.15) is 26.3 Å². The summed E-state index contributed by atoms with van der Waals surface area (Å²) in [7, 11) is 1.76. The summed E-state index contributed by atoms with van der Waals surface area (Å²) in [5.41, 5.74) is 1.15. The van der Waals surface area contributed by atoms with E-state index in [1.54, 1.807) is 7.05 Å². The van der Waals surface area contributed by atoms with Crippen LogP contribution in [0.15, 0.2) is 29.3 Å². The number of benzene rings is 1. The molecule has 0 aliphatic rings. The van der Waals surface area contributed by atoms with E-state index in [1.807, 2.05) is 39.0 Å². The molecule has 1 rings (SSSR count). The van der Waals surface area contributed by atoms with Crippen molar-refractivity contribution in [1.82, 2.24) is 10.6 Å². The van der Waals surface area contributed by atoms with E-state index in [0.29, 0.717) is 13.2 Å². The summed E-state index contributed by atoms with van der Waals surface area (Å²) in [6, 6.07) is 8.08. The summed E-state index contributed by atoms with van der Waals surface area (Å²) in [5, 5.41) is 6.47. The lowest BCUT2D eigenvalue weighted by Gasteiger charge is -2.13. The zero-order valence-electron chi connectivity index (χ0n) is 13.5. The minimum absolute atomic E-state index is 0.182. The summed E-state index contributed by atoms with van der Waals surface area (Å²) in [6.07, 6.45) is 0.182. The van der Waals surface area contributed by atoms with E-state index in [4.69, 9.17) is 9.47 Å². The maximum absolute atomic E-state index is 5.69. The van der Waals surface area contributed by atoms with Gasteiger partial charge in [-0.1, -0.05) is 12.1 Å². The van der Waals surface area contributed by atoms with Crippen LogP contribution in [0, 0.1) is 0 Å². The van der Waals surface area contributed by atoms with Gasteiger partial charge in [0.2, 0.25) is 0 Å². The minimum Gasteiger partial charge on any atom is -0.491 e. The molecule has 118 valence electrons. The molecule has 0 saturated carbocycles. The Hall–Kier alpha value is -1.75. The maximum Gasteiger partial charge on any atom is 0.191 e. The normalized spacial score (nSPS) is 11.6. The van der Waals surface area contributed by atoms with Crippen LogP contribution >= 0.6 is 0 Å². The van der Waals surface area contributed by atoms with Gasteiger partial charge in [0, 0.05) is 26.7 Å². The van der Waals surface area contributed by atoms with Gasteiger partial charge in [-0.3, -0.25) is 4.99 Å². The quantitative estimate of drug-likeness (QED) is 0.438. The molecule has 0 heterocycles. The van der Waals surface area contributed by atoms with Crippen molar-refractivity contribution in [3.8, 4) is 5.75 Å². The van der Waals surface area contributed by atoms with Gasteiger partial charge in [-0.15, -0.1) is 0 Å². The number of nitrogens with zero attached hydrogens (tertiary/aromatic N) is 1. The summed E-state index contributed by atoms with van der Waals surface area (Å²) < 4.78 is 11.0. The molecular formula is C16H27N3O2. The van der Waals surface area contributed by atoms with Crippen molar-refractivity contribution in [2.45, 2.75) is 33.4 Å². The lowest BCUT2D eigenvalue weighted by molar-refractivity contribution is 0.152. The number of ether oxygens (including phenoxy) is 2. The third-order valence-corrected chi connectivity index (χ3v) is 2.70. The molecule has 0 fully saturated rings. The molecule has 0 unspecified atom stereocenters. The summed E-state index contributed by atoms with van der Waals surface area (Å²) >= 11 is 0. The van der Waals surface area contributed by atoms with Crippen LogP contribution in [0.5, 0.6) is 5.75 Å². The van der Waals surface area contributed by atoms with Crippen LogP contribution < -0.4 is 15.4 Å². The van der Waals surface area contributed by atoms with E-state index in [-0.39, 0.29) is 6.10 Å². The molecule has 1 aromatic carbocycles. The first kappa shape index (κ1) is 17.3. The van der Waals surface area contributed by atoms with Gasteiger partial charge >= 0.3 is 0 Å². The van der Waals surface area contributed by atoms with E-state index in [2.05, 4.69) is 21.7 Å². The van der Waals surface area contributed by atoms with Crippen molar-refractivity contribution in [2.24, 2.45) is 4.99 Å². The third kappa shape index (κ3) is 7.56. The predicted octanol–water partition coefficient (Wildman–Crippen LogP) is 2.18. The van der Waals surface area contributed by atoms with Crippen molar-refractivity contribution in [2.75, 3.05) is 26.8 Å². The summed E-state index contributed by atoms with van der Waals surface area (Å²) in [4.78, 5) is 4.18. The highest BCUT2D eigenvalue weighted by atomic mass is 16.5. The fraction of sp³-hybridized carbons (Fsp3) is 0.562. The van der Waals surface area contributed by atoms with Gasteiger partial charge in [-0.2, -0.15) is 0 Å². The topological polar surface area (TPSA) is 54.9 Å². The SMILES string of the molecule is CCOCCNC(=NC)NCc1cccc(OC(C)C)c1. The van der Waals surface area contributed by atoms with Crippen LogP contribution in [-0.2, 0) is 11.3 Å². The Balaban J connectivity index is 2.42. The monoisotopic (exact) mass is 293 g/mol. The van der Waals surface area contributed by atoms with Crippen LogP contribution in [0.2, 0.25) is 0 Å². The Morgan fingerprint density at radius 1 is 1.29 bits per heavy atom. The van der Waals surface area contributed by atoms with Crippen molar-refractivity contribution in [3.63, 3.8) is 0 Å². The molecular weight excluding hydrogens is 266 g/mol. The zero-order valence-corrected chi connectivity index (χ0v) is 13.5. The van der Waals surface area contributed by atoms with Crippen LogP contribution in [-0.4, -0.2) is 38.9 Å². The second kappa shape index (κ2) is 10.0. The lowest BCUT2D eigenvalue weighted by Crippen LogP contribution is -2.38. The molecule has 5 nitrogen and oxygen atoms in total. The van der Waals surface area contributed by atoms with Gasteiger partial charge in [-0.05, 0) is 38.5 Å². The molecule has 5 heteroatoms. The predicted molar refractivity (Wildman–Crippen MR) is 86.9 cm³/mol. The number of guanidine groups is 1. The van der Waals surface area contributed by atoms with Gasteiger partial charge in [0.05, 0.1) is 12.7 Å². The van der Waals surface area contributed by atoms with Gasteiger partial charge < -0.3 is 20.1 Å². The molecule has 2 N–H and O–H groups in total. The smallest absolute Gasteiger partial charge is 0.191 e. The highest BCUT2D eigenvalue weighted by Crippen LogP contribution is 2.14. The minimum atomic E-state index is 0.182. The standard InChI is InChI=1S/C16H27N3O2/c1-5-20-10-9-18-16(17-4)19-12-14-7-6-8-15(11-14)21-13(2)3/h6-8,11,13H,5,9-10,12H2,1-4H3,(H2,17,18,19). The van der Waals surface area contributed by atoms with Crippen LogP contribution in [0.3, 0.4) is 0 Å². The third-order valence-electron chi connectivity index (χ3n) is 2.70. The van der Waals surface area contributed by atoms with Crippen LogP contribution in [0.4, 0.5) is 0 Å². The molecule has 0 bridgehead atoms. The fourth-order valence-corrected chi connectivity index (χ4v) is 1.79. The number of aliphatic imine (C=N–C) groups is 1. The Labute approximate surface area is 127 Å². The first-order chi connectivity index (χ1) is 10.2. The number of rotatable bonds is 8. The maximum atomic E-state index is 5.69. The van der Waals surface area contributed by atoms with Gasteiger partial charge in [0.1, 0.15) is 5.75 Å². The Bertz CT molecular complexity index is 433. The summed E-state index contributed by atoms with van der Waals surface area (Å²) in [6.45, 7) is 8.88.